The Bertz CT molecular complexity index is 189. The van der Waals surface area contributed by atoms with Crippen molar-refractivity contribution in [2.45, 2.75) is 59.3 Å². The molecule has 0 bridgehead atoms. The van der Waals surface area contributed by atoms with Gasteiger partial charge in [-0.15, -0.1) is 0 Å². The molecule has 0 fully saturated rings. The predicted octanol–water partition coefficient (Wildman–Crippen LogP) is 5.63. The van der Waals surface area contributed by atoms with Gasteiger partial charge in [0.15, 0.2) is 0 Å². The zero-order valence-electron chi connectivity index (χ0n) is 9.78. The normalized spacial score (nSPS) is 13.4. The summed E-state index contributed by atoms with van der Waals surface area (Å²) in [6.07, 6.45) is 12.1. The smallest absolute Gasteiger partial charge is 0.00623 e. The number of hydrogen-bond acceptors (Lipinski definition) is 0. The second kappa shape index (κ2) is 9.75. The summed E-state index contributed by atoms with van der Waals surface area (Å²) in [6.45, 7) is 6.73. The molecule has 0 rings (SSSR count). The summed E-state index contributed by atoms with van der Waals surface area (Å²) in [5, 5.41) is 0. The summed E-state index contributed by atoms with van der Waals surface area (Å²) in [7, 11) is 0. The van der Waals surface area contributed by atoms with Crippen LogP contribution in [0.5, 0.6) is 0 Å². The Balaban J connectivity index is 4.32. The number of halogens is 1. The Morgan fingerprint density at radius 3 is 2.14 bits per heavy atom. The van der Waals surface area contributed by atoms with Crippen LogP contribution >= 0.6 is 22.6 Å². The molecule has 0 amide bonds. The predicted molar refractivity (Wildman–Crippen MR) is 74.9 cm³/mol. The second-order valence-corrected chi connectivity index (χ2v) is 4.92. The molecule has 0 saturated heterocycles. The van der Waals surface area contributed by atoms with Crippen molar-refractivity contribution < 1.29 is 0 Å². The highest BCUT2D eigenvalue weighted by Gasteiger charge is 1.98. The third-order valence-corrected chi connectivity index (χ3v) is 3.34. The molecule has 82 valence electrons. The van der Waals surface area contributed by atoms with Gasteiger partial charge in [0.25, 0.3) is 0 Å². The van der Waals surface area contributed by atoms with Crippen molar-refractivity contribution in [3.05, 3.63) is 21.3 Å². The monoisotopic (exact) mass is 306 g/mol. The van der Waals surface area contributed by atoms with E-state index >= 15 is 0 Å². The second-order valence-electron chi connectivity index (χ2n) is 3.62. The van der Waals surface area contributed by atoms with Gasteiger partial charge in [0.05, 0.1) is 0 Å². The van der Waals surface area contributed by atoms with Crippen molar-refractivity contribution in [2.75, 3.05) is 0 Å². The fraction of sp³-hybridized carbons (Fsp3) is 0.692. The van der Waals surface area contributed by atoms with Crippen molar-refractivity contribution in [3.63, 3.8) is 0 Å². The zero-order valence-corrected chi connectivity index (χ0v) is 11.9. The van der Waals surface area contributed by atoms with Crippen LogP contribution in [0.3, 0.4) is 0 Å². The van der Waals surface area contributed by atoms with Gasteiger partial charge in [0, 0.05) is 0 Å². The minimum atomic E-state index is 1.21. The molecular weight excluding hydrogens is 283 g/mol. The van der Waals surface area contributed by atoms with E-state index in [1.54, 1.807) is 9.15 Å². The van der Waals surface area contributed by atoms with Crippen LogP contribution in [0.4, 0.5) is 0 Å². The van der Waals surface area contributed by atoms with Crippen molar-refractivity contribution in [2.24, 2.45) is 0 Å². The molecule has 14 heavy (non-hydrogen) atoms. The lowest BCUT2D eigenvalue weighted by Crippen LogP contribution is -1.83. The lowest BCUT2D eigenvalue weighted by atomic mass is 10.1. The van der Waals surface area contributed by atoms with E-state index in [1.165, 1.54) is 38.5 Å². The molecule has 0 aromatic rings. The Hall–Kier alpha value is 0.210. The van der Waals surface area contributed by atoms with Crippen molar-refractivity contribution in [1.29, 1.82) is 0 Å². The zero-order chi connectivity index (χ0) is 10.8. The highest BCUT2D eigenvalue weighted by atomic mass is 127. The number of unbranched alkanes of at least 4 members (excludes halogenated alkanes) is 1. The fourth-order valence-electron chi connectivity index (χ4n) is 1.35. The number of rotatable bonds is 7. The standard InChI is InChI=1S/C13H23I/c1-4-7-8-11-12(9-5-2)13(14)10-6-3/h8,11H,4-7,9-10H2,1-3H3/b11-8+,13-12-. The van der Waals surface area contributed by atoms with Crippen molar-refractivity contribution in [1.82, 2.24) is 0 Å². The summed E-state index contributed by atoms with van der Waals surface area (Å²) >= 11 is 2.51. The van der Waals surface area contributed by atoms with Crippen LogP contribution in [-0.2, 0) is 0 Å². The number of hydrogen-bond donors (Lipinski definition) is 0. The first-order chi connectivity index (χ1) is 6.76. The Morgan fingerprint density at radius 2 is 1.64 bits per heavy atom. The molecule has 0 atom stereocenters. The maximum Gasteiger partial charge on any atom is -0.00623 e. The first kappa shape index (κ1) is 14.2. The highest BCUT2D eigenvalue weighted by molar-refractivity contribution is 14.1. The molecular formula is C13H23I. The third kappa shape index (κ3) is 6.63. The topological polar surface area (TPSA) is 0 Å². The minimum absolute atomic E-state index is 1.21. The molecule has 0 aliphatic rings. The lowest BCUT2D eigenvalue weighted by molar-refractivity contribution is 0.886. The van der Waals surface area contributed by atoms with E-state index in [0.29, 0.717) is 0 Å². The van der Waals surface area contributed by atoms with E-state index in [1.807, 2.05) is 0 Å². The molecule has 1 heteroatoms. The molecule has 0 radical (unpaired) electrons. The van der Waals surface area contributed by atoms with E-state index in [2.05, 4.69) is 55.5 Å². The van der Waals surface area contributed by atoms with Gasteiger partial charge in [0.2, 0.25) is 0 Å². The molecule has 0 nitrogen and oxygen atoms in total. The van der Waals surface area contributed by atoms with Crippen LogP contribution in [0.25, 0.3) is 0 Å². The van der Waals surface area contributed by atoms with Gasteiger partial charge in [-0.25, -0.2) is 0 Å². The van der Waals surface area contributed by atoms with Gasteiger partial charge >= 0.3 is 0 Å². The van der Waals surface area contributed by atoms with Crippen LogP contribution < -0.4 is 0 Å². The van der Waals surface area contributed by atoms with Crippen molar-refractivity contribution in [3.8, 4) is 0 Å². The van der Waals surface area contributed by atoms with E-state index in [9.17, 15) is 0 Å². The molecule has 0 unspecified atom stereocenters. The van der Waals surface area contributed by atoms with Gasteiger partial charge in [-0.05, 0) is 51.0 Å². The first-order valence-corrected chi connectivity index (χ1v) is 6.88. The average molecular weight is 306 g/mol. The third-order valence-electron chi connectivity index (χ3n) is 2.11. The van der Waals surface area contributed by atoms with E-state index in [4.69, 9.17) is 0 Å². The van der Waals surface area contributed by atoms with Gasteiger partial charge in [-0.3, -0.25) is 0 Å². The quantitative estimate of drug-likeness (QED) is 0.422. The van der Waals surface area contributed by atoms with E-state index in [-0.39, 0.29) is 0 Å². The summed E-state index contributed by atoms with van der Waals surface area (Å²) in [5.74, 6) is 0. The fourth-order valence-corrected chi connectivity index (χ4v) is 2.34. The molecule has 0 aromatic heterocycles. The largest absolute Gasteiger partial charge is 0.0842 e. The van der Waals surface area contributed by atoms with Gasteiger partial charge < -0.3 is 0 Å². The summed E-state index contributed by atoms with van der Waals surface area (Å²) in [4.78, 5) is 0. The Labute approximate surface area is 103 Å². The van der Waals surface area contributed by atoms with Crippen LogP contribution in [0, 0.1) is 0 Å². The molecule has 0 aromatic carbocycles. The summed E-state index contributed by atoms with van der Waals surface area (Å²) in [6, 6.07) is 0. The Kier molecular flexibility index (Phi) is 9.90. The van der Waals surface area contributed by atoms with E-state index in [0.717, 1.165) is 0 Å². The first-order valence-electron chi connectivity index (χ1n) is 5.80. The van der Waals surface area contributed by atoms with Crippen LogP contribution in [0.15, 0.2) is 21.3 Å². The minimum Gasteiger partial charge on any atom is -0.0842 e. The average Bonchev–Trinajstić information content (AvgIpc) is 2.17. The van der Waals surface area contributed by atoms with Gasteiger partial charge in [-0.2, -0.15) is 0 Å². The number of allylic oxidation sites excluding steroid dienone is 4. The van der Waals surface area contributed by atoms with Crippen LogP contribution in [-0.4, -0.2) is 0 Å². The van der Waals surface area contributed by atoms with Crippen molar-refractivity contribution >= 4 is 22.6 Å². The molecule has 0 aliphatic carbocycles. The van der Waals surface area contributed by atoms with E-state index < -0.39 is 0 Å². The van der Waals surface area contributed by atoms with Crippen LogP contribution in [0.2, 0.25) is 0 Å². The molecule has 0 N–H and O–H groups in total. The molecule has 0 aliphatic heterocycles. The molecule has 0 spiro atoms. The van der Waals surface area contributed by atoms with Crippen LogP contribution in [0.1, 0.15) is 59.3 Å². The maximum absolute atomic E-state index is 2.51. The van der Waals surface area contributed by atoms with Gasteiger partial charge in [-0.1, -0.05) is 52.2 Å². The SMILES string of the molecule is CCC/C=C/C(CCC)=C(\I)CCC. The maximum atomic E-state index is 2.51. The van der Waals surface area contributed by atoms with Gasteiger partial charge in [0.1, 0.15) is 0 Å². The Morgan fingerprint density at radius 1 is 1.00 bits per heavy atom. The summed E-state index contributed by atoms with van der Waals surface area (Å²) < 4.78 is 1.55. The lowest BCUT2D eigenvalue weighted by Gasteiger charge is -2.04. The molecule has 0 heterocycles. The molecule has 0 saturated carbocycles. The highest BCUT2D eigenvalue weighted by Crippen LogP contribution is 2.23. The summed E-state index contributed by atoms with van der Waals surface area (Å²) in [5.41, 5.74) is 1.56.